The SMILES string of the molecule is CS(=O)(=O)OC[C@@H]1O[C@H](O[C@]2(COS(C)(=O)=O)O[C@H](COS(C)(=O)=O)[C@H](O)[C@@H]2O)[C@@H](OS(C)(=O)=O)[C@H](O)[C@H]1O. The zero-order valence-electron chi connectivity index (χ0n) is 20.8. The molecular formula is C16H30O19S4. The molecule has 39 heavy (non-hydrogen) atoms. The molecule has 0 amide bonds. The van der Waals surface area contributed by atoms with Crippen LogP contribution in [-0.4, -0.2) is 154 Å². The first-order valence-electron chi connectivity index (χ1n) is 10.6. The first-order chi connectivity index (χ1) is 17.4. The van der Waals surface area contributed by atoms with E-state index >= 15 is 0 Å². The van der Waals surface area contributed by atoms with Crippen LogP contribution in [0.25, 0.3) is 0 Å². The van der Waals surface area contributed by atoms with Crippen molar-refractivity contribution in [1.82, 2.24) is 0 Å². The Balaban J connectivity index is 2.49. The Hall–Kier alpha value is -0.640. The van der Waals surface area contributed by atoms with Gasteiger partial charge in [-0.15, -0.1) is 0 Å². The standard InChI is InChI=1S/C16H30O19S4/c1-36(21,22)29-5-8-10(17)12(19)13(35-39(4,27)28)15(32-8)34-16(7-31-38(3,25)26)14(20)11(18)9(33-16)6-30-37(2,23)24/h8-15,17-20H,5-7H2,1-4H3/t8-,9+,10-,11-,12+,13-,14-,15+,16-/m0/s1. The van der Waals surface area contributed by atoms with Crippen LogP contribution in [0.5, 0.6) is 0 Å². The predicted octanol–water partition coefficient (Wildman–Crippen LogP) is -5.46. The van der Waals surface area contributed by atoms with Crippen LogP contribution in [0.1, 0.15) is 0 Å². The van der Waals surface area contributed by atoms with Crippen LogP contribution in [0.2, 0.25) is 0 Å². The van der Waals surface area contributed by atoms with Crippen LogP contribution in [0.3, 0.4) is 0 Å². The van der Waals surface area contributed by atoms with Crippen LogP contribution in [0.15, 0.2) is 0 Å². The lowest BCUT2D eigenvalue weighted by molar-refractivity contribution is -0.378. The molecule has 2 saturated heterocycles. The van der Waals surface area contributed by atoms with E-state index in [1.165, 1.54) is 0 Å². The van der Waals surface area contributed by atoms with Crippen LogP contribution >= 0.6 is 0 Å². The second kappa shape index (κ2) is 12.3. The molecule has 0 unspecified atom stereocenters. The van der Waals surface area contributed by atoms with Gasteiger partial charge in [0, 0.05) is 0 Å². The van der Waals surface area contributed by atoms with Crippen LogP contribution in [0.4, 0.5) is 0 Å². The van der Waals surface area contributed by atoms with Crippen molar-refractivity contribution >= 4 is 40.5 Å². The first kappa shape index (κ1) is 34.6. The Morgan fingerprint density at radius 2 is 1.15 bits per heavy atom. The minimum atomic E-state index is -4.44. The van der Waals surface area contributed by atoms with Gasteiger partial charge in [-0.25, -0.2) is 0 Å². The highest BCUT2D eigenvalue weighted by molar-refractivity contribution is 7.86. The molecule has 23 heteroatoms. The molecule has 9 atom stereocenters. The number of hydrogen-bond acceptors (Lipinski definition) is 19. The molecule has 2 aliphatic rings. The molecule has 2 fully saturated rings. The Kier molecular flexibility index (Phi) is 10.9. The van der Waals surface area contributed by atoms with Crippen molar-refractivity contribution in [2.45, 2.75) is 54.8 Å². The minimum absolute atomic E-state index is 0.549. The average Bonchev–Trinajstić information content (AvgIpc) is 2.98. The van der Waals surface area contributed by atoms with Gasteiger partial charge < -0.3 is 34.6 Å². The van der Waals surface area contributed by atoms with Gasteiger partial charge in [0.15, 0.2) is 12.4 Å². The van der Waals surface area contributed by atoms with Crippen molar-refractivity contribution in [2.24, 2.45) is 0 Å². The lowest BCUT2D eigenvalue weighted by Gasteiger charge is -2.44. The number of aliphatic hydroxyl groups is 4. The maximum Gasteiger partial charge on any atom is 0.264 e. The normalized spacial score (nSPS) is 36.7. The van der Waals surface area contributed by atoms with E-state index in [9.17, 15) is 54.1 Å². The summed E-state index contributed by atoms with van der Waals surface area (Å²) >= 11 is 0. The van der Waals surface area contributed by atoms with E-state index in [4.69, 9.17) is 18.4 Å². The molecule has 0 radical (unpaired) electrons. The van der Waals surface area contributed by atoms with Crippen molar-refractivity contribution < 1.29 is 85.0 Å². The summed E-state index contributed by atoms with van der Waals surface area (Å²) in [7, 11) is -17.0. The van der Waals surface area contributed by atoms with Gasteiger partial charge in [-0.3, -0.25) is 16.7 Å². The van der Waals surface area contributed by atoms with Crippen molar-refractivity contribution in [1.29, 1.82) is 0 Å². The van der Waals surface area contributed by atoms with Crippen molar-refractivity contribution in [3.8, 4) is 0 Å². The molecule has 4 N–H and O–H groups in total. The van der Waals surface area contributed by atoms with Crippen LogP contribution in [0, 0.1) is 0 Å². The zero-order valence-corrected chi connectivity index (χ0v) is 24.1. The lowest BCUT2D eigenvalue weighted by atomic mass is 9.99. The maximum absolute atomic E-state index is 11.8. The molecule has 2 aliphatic heterocycles. The summed E-state index contributed by atoms with van der Waals surface area (Å²) in [6, 6.07) is 0. The fourth-order valence-electron chi connectivity index (χ4n) is 3.45. The van der Waals surface area contributed by atoms with E-state index < -0.39 is 115 Å². The Bertz CT molecular complexity index is 1280. The van der Waals surface area contributed by atoms with E-state index in [-0.39, 0.29) is 0 Å². The van der Waals surface area contributed by atoms with Crippen molar-refractivity contribution in [3.05, 3.63) is 0 Å². The zero-order chi connectivity index (χ0) is 30.2. The van der Waals surface area contributed by atoms with E-state index in [2.05, 4.69) is 12.5 Å². The molecular weight excluding hydrogens is 624 g/mol. The number of aliphatic hydroxyl groups excluding tert-OH is 4. The van der Waals surface area contributed by atoms with Crippen LogP contribution < -0.4 is 0 Å². The fourth-order valence-corrected chi connectivity index (χ4v) is 5.20. The van der Waals surface area contributed by atoms with Gasteiger partial charge in [0.2, 0.25) is 5.79 Å². The Labute approximate surface area is 225 Å². The predicted molar refractivity (Wildman–Crippen MR) is 123 cm³/mol. The molecule has 0 spiro atoms. The van der Waals surface area contributed by atoms with Gasteiger partial charge >= 0.3 is 0 Å². The van der Waals surface area contributed by atoms with Crippen molar-refractivity contribution in [3.63, 3.8) is 0 Å². The Morgan fingerprint density at radius 1 is 0.667 bits per heavy atom. The van der Waals surface area contributed by atoms with Crippen LogP contribution in [-0.2, 0) is 71.4 Å². The topological polar surface area (TPSA) is 282 Å². The van der Waals surface area contributed by atoms with Gasteiger partial charge in [-0.2, -0.15) is 33.7 Å². The summed E-state index contributed by atoms with van der Waals surface area (Å²) in [5, 5.41) is 42.1. The van der Waals surface area contributed by atoms with E-state index in [0.29, 0.717) is 25.0 Å². The molecule has 2 rings (SSSR count). The quantitative estimate of drug-likeness (QED) is 0.135. The molecule has 232 valence electrons. The van der Waals surface area contributed by atoms with Gasteiger partial charge in [0.05, 0.1) is 38.2 Å². The highest BCUT2D eigenvalue weighted by Crippen LogP contribution is 2.38. The molecule has 0 bridgehead atoms. The van der Waals surface area contributed by atoms with Gasteiger partial charge in [0.25, 0.3) is 40.5 Å². The Morgan fingerprint density at radius 3 is 1.62 bits per heavy atom. The van der Waals surface area contributed by atoms with Gasteiger partial charge in [-0.1, -0.05) is 0 Å². The number of rotatable bonds is 13. The van der Waals surface area contributed by atoms with Gasteiger partial charge in [0.1, 0.15) is 43.2 Å². The third-order valence-electron chi connectivity index (χ3n) is 5.12. The second-order valence-corrected chi connectivity index (χ2v) is 15.3. The maximum atomic E-state index is 11.8. The number of ether oxygens (including phenoxy) is 3. The summed E-state index contributed by atoms with van der Waals surface area (Å²) < 4.78 is 127. The molecule has 0 aromatic heterocycles. The highest BCUT2D eigenvalue weighted by atomic mass is 32.2. The van der Waals surface area contributed by atoms with E-state index in [1.54, 1.807) is 0 Å². The lowest BCUT2D eigenvalue weighted by Crippen LogP contribution is -2.64. The molecule has 0 aliphatic carbocycles. The van der Waals surface area contributed by atoms with Crippen molar-refractivity contribution in [2.75, 3.05) is 44.8 Å². The molecule has 0 saturated carbocycles. The fraction of sp³-hybridized carbons (Fsp3) is 1.00. The average molecular weight is 655 g/mol. The molecule has 19 nitrogen and oxygen atoms in total. The largest absolute Gasteiger partial charge is 0.387 e. The molecule has 2 heterocycles. The summed E-state index contributed by atoms with van der Waals surface area (Å²) in [6.45, 7) is -3.11. The summed E-state index contributed by atoms with van der Waals surface area (Å²) in [6.07, 6.45) is -13.9. The summed E-state index contributed by atoms with van der Waals surface area (Å²) in [5.74, 6) is -2.79. The minimum Gasteiger partial charge on any atom is -0.387 e. The first-order valence-corrected chi connectivity index (χ1v) is 17.8. The molecule has 0 aromatic carbocycles. The highest BCUT2D eigenvalue weighted by Gasteiger charge is 2.60. The van der Waals surface area contributed by atoms with Gasteiger partial charge in [-0.05, 0) is 0 Å². The second-order valence-electron chi connectivity index (χ2n) is 8.75. The number of hydrogen-bond donors (Lipinski definition) is 4. The summed E-state index contributed by atoms with van der Waals surface area (Å²) in [5.41, 5.74) is 0. The monoisotopic (exact) mass is 654 g/mol. The van der Waals surface area contributed by atoms with E-state index in [0.717, 1.165) is 0 Å². The summed E-state index contributed by atoms with van der Waals surface area (Å²) in [4.78, 5) is 0. The molecule has 0 aromatic rings. The third kappa shape index (κ3) is 10.3. The van der Waals surface area contributed by atoms with E-state index in [1.807, 2.05) is 0 Å². The third-order valence-corrected chi connectivity index (χ3v) is 7.37. The smallest absolute Gasteiger partial charge is 0.264 e.